The summed E-state index contributed by atoms with van der Waals surface area (Å²) in [5, 5.41) is 9.13. The Morgan fingerprint density at radius 3 is 2.63 bits per heavy atom. The van der Waals surface area contributed by atoms with Crippen molar-refractivity contribution in [3.8, 4) is 0 Å². The van der Waals surface area contributed by atoms with Gasteiger partial charge in [0, 0.05) is 36.8 Å². The standard InChI is InChI=1S/C28H35ClFN5O5S/c1-19(40-16-20-6-5-7-21(30)14-20)24(29)11-13-32-28-23-15-22(9-10-25(23)33-18-34-28)35-26(36)8-3-4-12-31-27(37)17-41(2,38)39/h5-7,9-10,14-15,18-19,24H,3-4,8,11-13,16-17H2,1-2H3,(H,31,37)(H,35,36)(H,32,33,34). The Morgan fingerprint density at radius 1 is 1.07 bits per heavy atom. The van der Waals surface area contributed by atoms with Crippen molar-refractivity contribution in [2.45, 2.75) is 50.7 Å². The van der Waals surface area contributed by atoms with Crippen molar-refractivity contribution in [3.63, 3.8) is 0 Å². The Hall–Kier alpha value is -3.35. The molecular weight excluding hydrogens is 573 g/mol. The van der Waals surface area contributed by atoms with E-state index in [-0.39, 0.29) is 36.2 Å². The number of anilines is 2. The van der Waals surface area contributed by atoms with Crippen LogP contribution in [0, 0.1) is 5.82 Å². The number of ether oxygens (including phenoxy) is 1. The predicted octanol–water partition coefficient (Wildman–Crippen LogP) is 4.05. The van der Waals surface area contributed by atoms with Crippen LogP contribution >= 0.6 is 11.6 Å². The number of hydrogen-bond donors (Lipinski definition) is 3. The summed E-state index contributed by atoms with van der Waals surface area (Å²) in [6.07, 6.45) is 4.10. The number of nitrogens with one attached hydrogen (secondary N) is 3. The summed E-state index contributed by atoms with van der Waals surface area (Å²) in [5.41, 5.74) is 2.04. The fourth-order valence-electron chi connectivity index (χ4n) is 3.95. The number of nitrogens with zero attached hydrogens (tertiary/aromatic N) is 2. The van der Waals surface area contributed by atoms with Gasteiger partial charge in [-0.1, -0.05) is 12.1 Å². The molecule has 2 atom stereocenters. The summed E-state index contributed by atoms with van der Waals surface area (Å²) in [4.78, 5) is 32.6. The van der Waals surface area contributed by atoms with Gasteiger partial charge in [-0.3, -0.25) is 9.59 Å². The zero-order valence-electron chi connectivity index (χ0n) is 23.0. The third kappa shape index (κ3) is 11.6. The van der Waals surface area contributed by atoms with Crippen molar-refractivity contribution in [2.75, 3.05) is 35.7 Å². The highest BCUT2D eigenvalue weighted by Crippen LogP contribution is 2.24. The fourth-order valence-corrected chi connectivity index (χ4v) is 4.71. The minimum absolute atomic E-state index is 0.185. The van der Waals surface area contributed by atoms with E-state index >= 15 is 0 Å². The van der Waals surface area contributed by atoms with Crippen LogP contribution in [0.2, 0.25) is 0 Å². The lowest BCUT2D eigenvalue weighted by Crippen LogP contribution is -2.30. The summed E-state index contributed by atoms with van der Waals surface area (Å²) in [5.74, 6) is -0.987. The zero-order chi connectivity index (χ0) is 29.8. The smallest absolute Gasteiger partial charge is 0.235 e. The minimum Gasteiger partial charge on any atom is -0.372 e. The quantitative estimate of drug-likeness (QED) is 0.164. The van der Waals surface area contributed by atoms with Crippen LogP contribution in [0.15, 0.2) is 48.8 Å². The number of fused-ring (bicyclic) bond motifs is 1. The lowest BCUT2D eigenvalue weighted by molar-refractivity contribution is -0.118. The third-order valence-electron chi connectivity index (χ3n) is 6.09. The maximum atomic E-state index is 13.4. The van der Waals surface area contributed by atoms with Crippen molar-refractivity contribution >= 4 is 55.7 Å². The molecule has 0 saturated heterocycles. The number of carbonyl (C=O) groups excluding carboxylic acids is 2. The Labute approximate surface area is 244 Å². The first-order valence-electron chi connectivity index (χ1n) is 13.2. The number of hydrogen-bond acceptors (Lipinski definition) is 8. The SMILES string of the molecule is CC(OCc1cccc(F)c1)C(Cl)CCNc1ncnc2ccc(NC(=O)CCCCNC(=O)CS(C)(=O)=O)cc12. The summed E-state index contributed by atoms with van der Waals surface area (Å²) >= 11 is 6.53. The van der Waals surface area contributed by atoms with Crippen molar-refractivity contribution in [3.05, 3.63) is 60.2 Å². The molecule has 2 amide bonds. The maximum Gasteiger partial charge on any atom is 0.235 e. The van der Waals surface area contributed by atoms with E-state index in [1.165, 1.54) is 18.5 Å². The highest BCUT2D eigenvalue weighted by atomic mass is 35.5. The molecule has 10 nitrogen and oxygen atoms in total. The number of halogens is 2. The van der Waals surface area contributed by atoms with Gasteiger partial charge in [-0.25, -0.2) is 22.8 Å². The Morgan fingerprint density at radius 2 is 1.88 bits per heavy atom. The summed E-state index contributed by atoms with van der Waals surface area (Å²) < 4.78 is 41.4. The second-order valence-corrected chi connectivity index (χ2v) is 12.5. The number of aromatic nitrogens is 2. The molecule has 0 saturated carbocycles. The van der Waals surface area contributed by atoms with Gasteiger partial charge < -0.3 is 20.7 Å². The molecule has 3 rings (SSSR count). The Balaban J connectivity index is 1.44. The van der Waals surface area contributed by atoms with Crippen molar-refractivity contribution < 1.29 is 27.1 Å². The van der Waals surface area contributed by atoms with E-state index in [0.29, 0.717) is 49.4 Å². The Kier molecular flexibility index (Phi) is 12.2. The van der Waals surface area contributed by atoms with E-state index < -0.39 is 21.5 Å². The molecule has 1 aromatic heterocycles. The lowest BCUT2D eigenvalue weighted by Gasteiger charge is -2.19. The minimum atomic E-state index is -3.37. The van der Waals surface area contributed by atoms with Gasteiger partial charge >= 0.3 is 0 Å². The highest BCUT2D eigenvalue weighted by molar-refractivity contribution is 7.91. The van der Waals surface area contributed by atoms with Crippen molar-refractivity contribution in [1.29, 1.82) is 0 Å². The molecular formula is C28H35ClFN5O5S. The number of amides is 2. The predicted molar refractivity (Wildman–Crippen MR) is 158 cm³/mol. The number of alkyl halides is 1. The molecule has 0 radical (unpaired) electrons. The second kappa shape index (κ2) is 15.6. The van der Waals surface area contributed by atoms with Crippen molar-refractivity contribution in [2.24, 2.45) is 0 Å². The topological polar surface area (TPSA) is 139 Å². The molecule has 0 bridgehead atoms. The van der Waals surface area contributed by atoms with Crippen LogP contribution in [0.1, 0.15) is 38.2 Å². The second-order valence-electron chi connectivity index (χ2n) is 9.76. The molecule has 1 heterocycles. The molecule has 3 N–H and O–H groups in total. The van der Waals surface area contributed by atoms with Crippen LogP contribution in [0.25, 0.3) is 10.9 Å². The average Bonchev–Trinajstić information content (AvgIpc) is 2.90. The van der Waals surface area contributed by atoms with E-state index in [4.69, 9.17) is 16.3 Å². The number of benzene rings is 2. The largest absolute Gasteiger partial charge is 0.372 e. The third-order valence-corrected chi connectivity index (χ3v) is 7.45. The van der Waals surface area contributed by atoms with Crippen LogP contribution in [-0.2, 0) is 30.8 Å². The fraction of sp³-hybridized carbons (Fsp3) is 0.429. The van der Waals surface area contributed by atoms with E-state index in [9.17, 15) is 22.4 Å². The molecule has 0 fully saturated rings. The van der Waals surface area contributed by atoms with Gasteiger partial charge in [0.25, 0.3) is 0 Å². The number of sulfone groups is 1. The molecule has 222 valence electrons. The first-order chi connectivity index (χ1) is 19.5. The monoisotopic (exact) mass is 607 g/mol. The average molecular weight is 608 g/mol. The van der Waals surface area contributed by atoms with Gasteiger partial charge in [0.2, 0.25) is 11.8 Å². The Bertz CT molecular complexity index is 1440. The van der Waals surface area contributed by atoms with Gasteiger partial charge in [-0.15, -0.1) is 11.6 Å². The van der Waals surface area contributed by atoms with Crippen LogP contribution < -0.4 is 16.0 Å². The summed E-state index contributed by atoms with van der Waals surface area (Å²) in [7, 11) is -3.37. The van der Waals surface area contributed by atoms with E-state index in [1.54, 1.807) is 30.3 Å². The van der Waals surface area contributed by atoms with Crippen LogP contribution in [0.4, 0.5) is 15.9 Å². The van der Waals surface area contributed by atoms with Gasteiger partial charge in [0.05, 0.1) is 23.6 Å². The van der Waals surface area contributed by atoms with Crippen LogP contribution in [0.5, 0.6) is 0 Å². The molecule has 41 heavy (non-hydrogen) atoms. The summed E-state index contributed by atoms with van der Waals surface area (Å²) in [6, 6.07) is 11.6. The van der Waals surface area contributed by atoms with E-state index in [0.717, 1.165) is 17.2 Å². The van der Waals surface area contributed by atoms with Crippen LogP contribution in [-0.4, -0.2) is 66.8 Å². The number of rotatable bonds is 16. The molecule has 0 aliphatic rings. The van der Waals surface area contributed by atoms with Gasteiger partial charge in [-0.2, -0.15) is 0 Å². The molecule has 13 heteroatoms. The van der Waals surface area contributed by atoms with Crippen LogP contribution in [0.3, 0.4) is 0 Å². The van der Waals surface area contributed by atoms with Gasteiger partial charge in [-0.05, 0) is 62.1 Å². The maximum absolute atomic E-state index is 13.4. The first-order valence-corrected chi connectivity index (χ1v) is 15.7. The first kappa shape index (κ1) is 32.2. The van der Waals surface area contributed by atoms with Gasteiger partial charge in [0.1, 0.15) is 23.7 Å². The molecule has 2 aromatic carbocycles. The molecule has 3 aromatic rings. The highest BCUT2D eigenvalue weighted by Gasteiger charge is 2.16. The molecule has 0 spiro atoms. The summed E-state index contributed by atoms with van der Waals surface area (Å²) in [6.45, 7) is 2.96. The van der Waals surface area contributed by atoms with Gasteiger partial charge in [0.15, 0.2) is 9.84 Å². The number of carbonyl (C=O) groups is 2. The van der Waals surface area contributed by atoms with E-state index in [2.05, 4.69) is 25.9 Å². The normalized spacial score (nSPS) is 13.0. The molecule has 2 unspecified atom stereocenters. The molecule has 0 aliphatic carbocycles. The molecule has 0 aliphatic heterocycles. The zero-order valence-corrected chi connectivity index (χ0v) is 24.6. The van der Waals surface area contributed by atoms with Crippen molar-refractivity contribution in [1.82, 2.24) is 15.3 Å². The lowest BCUT2D eigenvalue weighted by atomic mass is 10.1. The van der Waals surface area contributed by atoms with E-state index in [1.807, 2.05) is 6.92 Å². The number of unbranched alkanes of at least 4 members (excludes halogenated alkanes) is 1.